The van der Waals surface area contributed by atoms with Gasteiger partial charge in [0.25, 0.3) is 11.8 Å². The first-order chi connectivity index (χ1) is 15.2. The van der Waals surface area contributed by atoms with E-state index in [0.29, 0.717) is 41.7 Å². The van der Waals surface area contributed by atoms with Gasteiger partial charge >= 0.3 is 0 Å². The van der Waals surface area contributed by atoms with E-state index < -0.39 is 0 Å². The molecule has 7 heteroatoms. The zero-order valence-corrected chi connectivity index (χ0v) is 17.2. The highest BCUT2D eigenvalue weighted by molar-refractivity contribution is 6.06. The highest BCUT2D eigenvalue weighted by Gasteiger charge is 2.13. The number of hydrogen-bond donors (Lipinski definition) is 2. The average molecular weight is 420 g/mol. The summed E-state index contributed by atoms with van der Waals surface area (Å²) in [5.74, 6) is 0.470. The number of methoxy groups -OCH3 is 1. The van der Waals surface area contributed by atoms with Gasteiger partial charge in [-0.3, -0.25) is 9.59 Å². The Kier molecular flexibility index (Phi) is 8.02. The van der Waals surface area contributed by atoms with Crippen LogP contribution < -0.4 is 20.1 Å². The van der Waals surface area contributed by atoms with E-state index in [1.165, 1.54) is 0 Å². The second kappa shape index (κ2) is 11.4. The Labute approximate surface area is 180 Å². The van der Waals surface area contributed by atoms with Gasteiger partial charge in [-0.2, -0.15) is 0 Å². The largest absolute Gasteiger partial charge is 0.490 e. The van der Waals surface area contributed by atoms with Crippen molar-refractivity contribution in [3.05, 3.63) is 84.4 Å². The summed E-state index contributed by atoms with van der Waals surface area (Å²) >= 11 is 0. The normalized spacial score (nSPS) is 10.2. The zero-order chi connectivity index (χ0) is 21.9. The Balaban J connectivity index is 1.59. The highest BCUT2D eigenvalue weighted by atomic mass is 16.5. The van der Waals surface area contributed by atoms with Gasteiger partial charge in [-0.25, -0.2) is 0 Å². The Morgan fingerprint density at radius 3 is 2.26 bits per heavy atom. The average Bonchev–Trinajstić information content (AvgIpc) is 2.79. The fourth-order valence-electron chi connectivity index (χ4n) is 2.75. The maximum absolute atomic E-state index is 12.7. The molecule has 2 N–H and O–H groups in total. The molecule has 0 fully saturated rings. The molecule has 0 aromatic heterocycles. The first-order valence-corrected chi connectivity index (χ1v) is 9.75. The Bertz CT molecular complexity index is 1010. The number of hydrogen-bond acceptors (Lipinski definition) is 5. The van der Waals surface area contributed by atoms with E-state index in [1.807, 2.05) is 18.2 Å². The van der Waals surface area contributed by atoms with Gasteiger partial charge in [0.1, 0.15) is 18.1 Å². The van der Waals surface area contributed by atoms with Crippen molar-refractivity contribution in [3.63, 3.8) is 0 Å². The van der Waals surface area contributed by atoms with Crippen LogP contribution in [0.1, 0.15) is 10.4 Å². The molecule has 0 aliphatic rings. The fraction of sp³-hybridized carbons (Fsp3) is 0.167. The minimum Gasteiger partial charge on any atom is -0.490 e. The maximum atomic E-state index is 12.7. The molecule has 2 amide bonds. The summed E-state index contributed by atoms with van der Waals surface area (Å²) in [5, 5.41) is 5.59. The smallest absolute Gasteiger partial charge is 0.262 e. The van der Waals surface area contributed by atoms with Crippen LogP contribution in [-0.4, -0.2) is 38.7 Å². The van der Waals surface area contributed by atoms with E-state index in [0.717, 1.165) is 0 Å². The zero-order valence-electron chi connectivity index (χ0n) is 17.2. The Morgan fingerprint density at radius 1 is 0.774 bits per heavy atom. The quantitative estimate of drug-likeness (QED) is 0.485. The molecular weight excluding hydrogens is 396 g/mol. The van der Waals surface area contributed by atoms with Gasteiger partial charge in [-0.05, 0) is 42.5 Å². The molecule has 0 saturated heterocycles. The van der Waals surface area contributed by atoms with Crippen molar-refractivity contribution in [3.8, 4) is 11.5 Å². The lowest BCUT2D eigenvalue weighted by molar-refractivity contribution is -0.118. The standard InChI is InChI=1S/C24H24N2O5/c1-29-14-15-30-22-13-6-5-12-21(22)24(28)26-19-9-7-8-18(16-19)25-23(27)17-31-20-10-3-2-4-11-20/h2-13,16H,14-15,17H2,1H3,(H,25,27)(H,26,28). The van der Waals surface area contributed by atoms with Crippen LogP contribution in [0.15, 0.2) is 78.9 Å². The Hall–Kier alpha value is -3.84. The van der Waals surface area contributed by atoms with Gasteiger partial charge < -0.3 is 24.8 Å². The first kappa shape index (κ1) is 21.9. The van der Waals surface area contributed by atoms with Crippen molar-refractivity contribution in [2.75, 3.05) is 37.6 Å². The predicted molar refractivity (Wildman–Crippen MR) is 119 cm³/mol. The van der Waals surface area contributed by atoms with Crippen LogP contribution in [0.5, 0.6) is 11.5 Å². The van der Waals surface area contributed by atoms with Gasteiger partial charge in [0.15, 0.2) is 6.61 Å². The molecule has 0 unspecified atom stereocenters. The van der Waals surface area contributed by atoms with Gasteiger partial charge in [-0.15, -0.1) is 0 Å². The van der Waals surface area contributed by atoms with Crippen LogP contribution in [0, 0.1) is 0 Å². The van der Waals surface area contributed by atoms with Crippen molar-refractivity contribution in [2.45, 2.75) is 0 Å². The molecule has 3 rings (SSSR count). The third-order valence-electron chi connectivity index (χ3n) is 4.19. The lowest BCUT2D eigenvalue weighted by Crippen LogP contribution is -2.20. The van der Waals surface area contributed by atoms with Gasteiger partial charge in [-0.1, -0.05) is 36.4 Å². The number of amides is 2. The van der Waals surface area contributed by atoms with Crippen LogP contribution in [0.2, 0.25) is 0 Å². The van der Waals surface area contributed by atoms with Crippen molar-refractivity contribution >= 4 is 23.2 Å². The van der Waals surface area contributed by atoms with Crippen LogP contribution in [0.4, 0.5) is 11.4 Å². The van der Waals surface area contributed by atoms with Crippen LogP contribution in [-0.2, 0) is 9.53 Å². The van der Waals surface area contributed by atoms with Crippen LogP contribution in [0.3, 0.4) is 0 Å². The molecule has 0 aliphatic heterocycles. The molecule has 0 bridgehead atoms. The van der Waals surface area contributed by atoms with Crippen molar-refractivity contribution in [1.29, 1.82) is 0 Å². The molecule has 3 aromatic carbocycles. The predicted octanol–water partition coefficient (Wildman–Crippen LogP) is 3.98. The number of carbonyl (C=O) groups excluding carboxylic acids is 2. The van der Waals surface area contributed by atoms with E-state index in [9.17, 15) is 9.59 Å². The summed E-state index contributed by atoms with van der Waals surface area (Å²) in [7, 11) is 1.58. The molecule has 7 nitrogen and oxygen atoms in total. The van der Waals surface area contributed by atoms with Gasteiger partial charge in [0.2, 0.25) is 0 Å². The third-order valence-corrected chi connectivity index (χ3v) is 4.19. The van der Waals surface area contributed by atoms with E-state index in [4.69, 9.17) is 14.2 Å². The summed E-state index contributed by atoms with van der Waals surface area (Å²) in [6.45, 7) is 0.645. The van der Waals surface area contributed by atoms with Gasteiger partial charge in [0, 0.05) is 18.5 Å². The number of nitrogens with one attached hydrogen (secondary N) is 2. The monoisotopic (exact) mass is 420 g/mol. The van der Waals surface area contributed by atoms with Crippen molar-refractivity contribution in [1.82, 2.24) is 0 Å². The van der Waals surface area contributed by atoms with Crippen LogP contribution >= 0.6 is 0 Å². The summed E-state index contributed by atoms with van der Waals surface area (Å²) in [6, 6.07) is 23.0. The topological polar surface area (TPSA) is 85.9 Å². The summed E-state index contributed by atoms with van der Waals surface area (Å²) in [6.07, 6.45) is 0. The minimum absolute atomic E-state index is 0.118. The molecule has 160 valence electrons. The molecule has 0 atom stereocenters. The van der Waals surface area contributed by atoms with Gasteiger partial charge in [0.05, 0.1) is 12.2 Å². The molecule has 0 heterocycles. The first-order valence-electron chi connectivity index (χ1n) is 9.75. The molecule has 3 aromatic rings. The molecular formula is C24H24N2O5. The second-order valence-electron chi connectivity index (χ2n) is 6.52. The number of para-hydroxylation sites is 2. The number of benzene rings is 3. The molecule has 0 radical (unpaired) electrons. The number of rotatable bonds is 10. The molecule has 0 saturated carbocycles. The van der Waals surface area contributed by atoms with E-state index in [-0.39, 0.29) is 18.4 Å². The maximum Gasteiger partial charge on any atom is 0.262 e. The van der Waals surface area contributed by atoms with Crippen molar-refractivity contribution < 1.29 is 23.8 Å². The van der Waals surface area contributed by atoms with Crippen molar-refractivity contribution in [2.24, 2.45) is 0 Å². The summed E-state index contributed by atoms with van der Waals surface area (Å²) in [4.78, 5) is 24.9. The van der Waals surface area contributed by atoms with E-state index >= 15 is 0 Å². The number of anilines is 2. The summed E-state index contributed by atoms with van der Waals surface area (Å²) < 4.78 is 16.0. The van der Waals surface area contributed by atoms with E-state index in [1.54, 1.807) is 67.8 Å². The highest BCUT2D eigenvalue weighted by Crippen LogP contribution is 2.21. The minimum atomic E-state index is -0.316. The SMILES string of the molecule is COCCOc1ccccc1C(=O)Nc1cccc(NC(=O)COc2ccccc2)c1. The lowest BCUT2D eigenvalue weighted by Gasteiger charge is -2.12. The molecule has 0 aliphatic carbocycles. The third kappa shape index (κ3) is 6.87. The van der Waals surface area contributed by atoms with E-state index in [2.05, 4.69) is 10.6 Å². The number of ether oxygens (including phenoxy) is 3. The van der Waals surface area contributed by atoms with Crippen LogP contribution in [0.25, 0.3) is 0 Å². The fourth-order valence-corrected chi connectivity index (χ4v) is 2.75. The Morgan fingerprint density at radius 2 is 1.48 bits per heavy atom. The number of carbonyl (C=O) groups is 2. The lowest BCUT2D eigenvalue weighted by atomic mass is 10.1. The molecule has 0 spiro atoms. The molecule has 31 heavy (non-hydrogen) atoms. The summed E-state index contributed by atoms with van der Waals surface area (Å²) in [5.41, 5.74) is 1.49. The second-order valence-corrected chi connectivity index (χ2v) is 6.52.